The first-order valence-corrected chi connectivity index (χ1v) is 11.4. The largest absolute Gasteiger partial charge is 0.484 e. The first kappa shape index (κ1) is 22.1. The molecule has 0 radical (unpaired) electrons. The first-order valence-electron chi connectivity index (χ1n) is 11.4. The third-order valence-corrected chi connectivity index (χ3v) is 6.39. The molecule has 7 heteroatoms. The highest BCUT2D eigenvalue weighted by molar-refractivity contribution is 6.01. The molecule has 2 N–H and O–H groups in total. The van der Waals surface area contributed by atoms with Crippen LogP contribution in [0.1, 0.15) is 42.5 Å². The van der Waals surface area contributed by atoms with Crippen LogP contribution in [-0.4, -0.2) is 60.7 Å². The maximum Gasteiger partial charge on any atom is 0.337 e. The lowest BCUT2D eigenvalue weighted by Crippen LogP contribution is -2.50. The Kier molecular flexibility index (Phi) is 7.27. The van der Waals surface area contributed by atoms with Crippen molar-refractivity contribution in [3.63, 3.8) is 0 Å². The van der Waals surface area contributed by atoms with E-state index in [1.807, 2.05) is 24.3 Å². The number of carboxylic acids is 1. The van der Waals surface area contributed by atoms with Gasteiger partial charge in [-0.05, 0) is 43.2 Å². The van der Waals surface area contributed by atoms with Gasteiger partial charge in [-0.15, -0.1) is 0 Å². The fraction of sp³-hybridized carbons (Fsp3) is 0.440. The van der Waals surface area contributed by atoms with Crippen molar-refractivity contribution in [1.82, 2.24) is 4.90 Å². The Balaban J connectivity index is 1.36. The Morgan fingerprint density at radius 1 is 0.969 bits per heavy atom. The van der Waals surface area contributed by atoms with Crippen LogP contribution in [0.2, 0.25) is 0 Å². The van der Waals surface area contributed by atoms with E-state index in [1.54, 1.807) is 24.3 Å². The van der Waals surface area contributed by atoms with Crippen molar-refractivity contribution in [2.24, 2.45) is 0 Å². The van der Waals surface area contributed by atoms with Crippen molar-refractivity contribution in [3.8, 4) is 5.75 Å². The number of carboxylic acid groups (broad SMARTS) is 1. The molecular weight excluding hydrogens is 406 g/mol. The Hall–Kier alpha value is -3.06. The van der Waals surface area contributed by atoms with Gasteiger partial charge < -0.3 is 20.1 Å². The summed E-state index contributed by atoms with van der Waals surface area (Å²) in [4.78, 5) is 29.0. The van der Waals surface area contributed by atoms with Crippen molar-refractivity contribution < 1.29 is 19.4 Å². The molecule has 0 aromatic heterocycles. The van der Waals surface area contributed by atoms with E-state index < -0.39 is 11.9 Å². The molecule has 1 saturated heterocycles. The summed E-state index contributed by atoms with van der Waals surface area (Å²) in [6.07, 6.45) is 6.61. The maximum atomic E-state index is 12.3. The first-order chi connectivity index (χ1) is 15.6. The molecule has 1 aliphatic carbocycles. The molecular formula is C25H31N3O4. The molecule has 4 rings (SSSR count). The Bertz CT molecular complexity index is 920. The highest BCUT2D eigenvalue weighted by Gasteiger charge is 2.26. The van der Waals surface area contributed by atoms with Gasteiger partial charge in [-0.2, -0.15) is 0 Å². The number of rotatable bonds is 7. The van der Waals surface area contributed by atoms with Crippen molar-refractivity contribution in [2.45, 2.75) is 38.1 Å². The van der Waals surface area contributed by atoms with Crippen molar-refractivity contribution in [1.29, 1.82) is 0 Å². The molecule has 32 heavy (non-hydrogen) atoms. The van der Waals surface area contributed by atoms with Gasteiger partial charge in [0.25, 0.3) is 5.91 Å². The van der Waals surface area contributed by atoms with Gasteiger partial charge in [0.2, 0.25) is 0 Å². The van der Waals surface area contributed by atoms with Crippen LogP contribution in [0.4, 0.5) is 11.4 Å². The number of nitrogens with one attached hydrogen (secondary N) is 1. The zero-order chi connectivity index (χ0) is 22.3. The summed E-state index contributed by atoms with van der Waals surface area (Å²) >= 11 is 0. The predicted octanol–water partition coefficient (Wildman–Crippen LogP) is 3.86. The number of aromatic carboxylic acids is 1. The fourth-order valence-corrected chi connectivity index (χ4v) is 4.66. The molecule has 2 aromatic carbocycles. The van der Waals surface area contributed by atoms with Crippen LogP contribution in [0, 0.1) is 0 Å². The number of nitrogens with zero attached hydrogens (tertiary/aromatic N) is 2. The molecule has 1 aliphatic heterocycles. The summed E-state index contributed by atoms with van der Waals surface area (Å²) in [6, 6.07) is 15.0. The summed E-state index contributed by atoms with van der Waals surface area (Å²) < 4.78 is 5.45. The number of amides is 1. The van der Waals surface area contributed by atoms with E-state index in [1.165, 1.54) is 32.1 Å². The normalized spacial score (nSPS) is 17.7. The van der Waals surface area contributed by atoms with E-state index in [9.17, 15) is 14.7 Å². The second-order valence-electron chi connectivity index (χ2n) is 8.50. The summed E-state index contributed by atoms with van der Waals surface area (Å²) in [5.41, 5.74) is 1.25. The van der Waals surface area contributed by atoms with Gasteiger partial charge in [-0.3, -0.25) is 9.69 Å². The number of benzene rings is 2. The van der Waals surface area contributed by atoms with Gasteiger partial charge in [-0.1, -0.05) is 37.5 Å². The van der Waals surface area contributed by atoms with Gasteiger partial charge in [-0.25, -0.2) is 4.79 Å². The molecule has 7 nitrogen and oxygen atoms in total. The van der Waals surface area contributed by atoms with E-state index in [2.05, 4.69) is 15.1 Å². The third-order valence-electron chi connectivity index (χ3n) is 6.39. The summed E-state index contributed by atoms with van der Waals surface area (Å²) in [5.74, 6) is -0.874. The minimum atomic E-state index is -1.06. The number of hydrogen-bond acceptors (Lipinski definition) is 5. The fourth-order valence-electron chi connectivity index (χ4n) is 4.66. The van der Waals surface area contributed by atoms with Gasteiger partial charge in [0, 0.05) is 37.9 Å². The number of carbonyl (C=O) groups is 2. The summed E-state index contributed by atoms with van der Waals surface area (Å²) in [7, 11) is 0. The number of carbonyl (C=O) groups excluding carboxylic acids is 1. The quantitative estimate of drug-likeness (QED) is 0.685. The van der Waals surface area contributed by atoms with Gasteiger partial charge in [0.15, 0.2) is 6.61 Å². The van der Waals surface area contributed by atoms with Crippen LogP contribution in [0.25, 0.3) is 0 Å². The number of ether oxygens (including phenoxy) is 1. The number of para-hydroxylation sites is 1. The molecule has 170 valence electrons. The molecule has 1 heterocycles. The molecule has 1 saturated carbocycles. The Morgan fingerprint density at radius 2 is 1.69 bits per heavy atom. The molecule has 0 unspecified atom stereocenters. The standard InChI is InChI=1S/C25H31N3O4/c29-24(18-32-21-9-5-2-6-10-21)26-23-12-11-20(17-22(23)25(30)31)28-15-13-27(14-16-28)19-7-3-1-4-8-19/h2,5-6,9-12,17,19H,1,3-4,7-8,13-16,18H2,(H,26,29)(H,30,31). The summed E-state index contributed by atoms with van der Waals surface area (Å²) in [6.45, 7) is 3.58. The van der Waals surface area contributed by atoms with Crippen LogP contribution < -0.4 is 15.0 Å². The Morgan fingerprint density at radius 3 is 2.38 bits per heavy atom. The minimum absolute atomic E-state index is 0.0882. The van der Waals surface area contributed by atoms with E-state index >= 15 is 0 Å². The highest BCUT2D eigenvalue weighted by atomic mass is 16.5. The summed E-state index contributed by atoms with van der Waals surface area (Å²) in [5, 5.41) is 12.4. The third kappa shape index (κ3) is 5.59. The van der Waals surface area contributed by atoms with Crippen LogP contribution in [0.15, 0.2) is 48.5 Å². The van der Waals surface area contributed by atoms with Crippen LogP contribution >= 0.6 is 0 Å². The van der Waals surface area contributed by atoms with Gasteiger partial charge in [0.05, 0.1) is 11.3 Å². The number of piperazine rings is 1. The second-order valence-corrected chi connectivity index (χ2v) is 8.50. The average molecular weight is 438 g/mol. The lowest BCUT2D eigenvalue weighted by atomic mass is 9.94. The maximum absolute atomic E-state index is 12.3. The zero-order valence-corrected chi connectivity index (χ0v) is 18.3. The zero-order valence-electron chi connectivity index (χ0n) is 18.3. The lowest BCUT2D eigenvalue weighted by molar-refractivity contribution is -0.118. The van der Waals surface area contributed by atoms with E-state index in [0.29, 0.717) is 11.8 Å². The van der Waals surface area contributed by atoms with Crippen LogP contribution in [-0.2, 0) is 4.79 Å². The predicted molar refractivity (Wildman–Crippen MR) is 125 cm³/mol. The Labute approximate surface area is 189 Å². The molecule has 1 amide bonds. The average Bonchev–Trinajstić information content (AvgIpc) is 2.84. The SMILES string of the molecule is O=C(COc1ccccc1)Nc1ccc(N2CCN(C3CCCCC3)CC2)cc1C(=O)O. The number of anilines is 2. The van der Waals surface area contributed by atoms with Crippen LogP contribution in [0.5, 0.6) is 5.75 Å². The smallest absolute Gasteiger partial charge is 0.337 e. The topological polar surface area (TPSA) is 82.1 Å². The van der Waals surface area contributed by atoms with Crippen molar-refractivity contribution in [3.05, 3.63) is 54.1 Å². The van der Waals surface area contributed by atoms with Crippen molar-refractivity contribution >= 4 is 23.3 Å². The molecule has 2 aromatic rings. The van der Waals surface area contributed by atoms with Gasteiger partial charge >= 0.3 is 5.97 Å². The monoisotopic (exact) mass is 437 g/mol. The molecule has 0 spiro atoms. The second kappa shape index (κ2) is 10.5. The van der Waals surface area contributed by atoms with E-state index in [4.69, 9.17) is 4.74 Å². The number of hydrogen-bond donors (Lipinski definition) is 2. The molecule has 0 atom stereocenters. The minimum Gasteiger partial charge on any atom is -0.484 e. The lowest BCUT2D eigenvalue weighted by Gasteiger charge is -2.41. The molecule has 2 fully saturated rings. The van der Waals surface area contributed by atoms with E-state index in [-0.39, 0.29) is 17.9 Å². The highest BCUT2D eigenvalue weighted by Crippen LogP contribution is 2.27. The van der Waals surface area contributed by atoms with E-state index in [0.717, 1.165) is 31.9 Å². The van der Waals surface area contributed by atoms with Crippen molar-refractivity contribution in [2.75, 3.05) is 43.0 Å². The molecule has 2 aliphatic rings. The van der Waals surface area contributed by atoms with Crippen LogP contribution in [0.3, 0.4) is 0 Å². The van der Waals surface area contributed by atoms with Gasteiger partial charge in [0.1, 0.15) is 5.75 Å². The molecule has 0 bridgehead atoms.